The summed E-state index contributed by atoms with van der Waals surface area (Å²) < 4.78 is 7.16. The van der Waals surface area contributed by atoms with Crippen LogP contribution < -0.4 is 5.32 Å². The van der Waals surface area contributed by atoms with Crippen molar-refractivity contribution >= 4 is 18.3 Å². The summed E-state index contributed by atoms with van der Waals surface area (Å²) in [6.07, 6.45) is 4.43. The van der Waals surface area contributed by atoms with Crippen molar-refractivity contribution in [1.29, 1.82) is 0 Å². The molecule has 0 spiro atoms. The van der Waals surface area contributed by atoms with Gasteiger partial charge in [-0.05, 0) is 25.2 Å². The molecule has 0 radical (unpaired) electrons. The second kappa shape index (κ2) is 8.83. The largest absolute Gasteiger partial charge is 0.383 e. The van der Waals surface area contributed by atoms with Crippen LogP contribution in [-0.4, -0.2) is 53.9 Å². The maximum absolute atomic E-state index is 13.0. The third-order valence-corrected chi connectivity index (χ3v) is 4.67. The van der Waals surface area contributed by atoms with Crippen molar-refractivity contribution in [3.05, 3.63) is 17.0 Å². The molecule has 1 aromatic rings. The van der Waals surface area contributed by atoms with Crippen LogP contribution >= 0.6 is 12.4 Å². The number of nitrogens with zero attached hydrogens (tertiary/aromatic N) is 3. The van der Waals surface area contributed by atoms with Crippen molar-refractivity contribution in [2.75, 3.05) is 33.4 Å². The van der Waals surface area contributed by atoms with Crippen LogP contribution in [0.4, 0.5) is 0 Å². The molecule has 2 heterocycles. The zero-order valence-electron chi connectivity index (χ0n) is 14.7. The Kier molecular flexibility index (Phi) is 7.07. The molecule has 1 saturated carbocycles. The van der Waals surface area contributed by atoms with Crippen LogP contribution in [0.1, 0.15) is 47.9 Å². The summed E-state index contributed by atoms with van der Waals surface area (Å²) in [5.41, 5.74) is 2.94. The number of hydrogen-bond donors (Lipinski definition) is 1. The standard InChI is InChI=1S/C17H28N4O2.ClH/c1-3-8-20(12-13-4-5-13)17(22)16-14-11-18-7-6-15(14)21(19-16)9-10-23-2;/h13,18H,3-12H2,1-2H3;1H. The first-order chi connectivity index (χ1) is 11.2. The first-order valence-electron chi connectivity index (χ1n) is 8.82. The highest BCUT2D eigenvalue weighted by Crippen LogP contribution is 2.30. The summed E-state index contributed by atoms with van der Waals surface area (Å²) in [4.78, 5) is 15.1. The summed E-state index contributed by atoms with van der Waals surface area (Å²) in [5, 5.41) is 8.04. The van der Waals surface area contributed by atoms with Gasteiger partial charge in [0.25, 0.3) is 5.91 Å². The van der Waals surface area contributed by atoms with Crippen LogP contribution in [0.25, 0.3) is 0 Å². The van der Waals surface area contributed by atoms with Gasteiger partial charge in [0, 0.05) is 51.0 Å². The van der Waals surface area contributed by atoms with E-state index in [1.54, 1.807) is 7.11 Å². The zero-order valence-corrected chi connectivity index (χ0v) is 15.5. The van der Waals surface area contributed by atoms with Crippen molar-refractivity contribution in [3.8, 4) is 0 Å². The summed E-state index contributed by atoms with van der Waals surface area (Å²) in [6, 6.07) is 0. The van der Waals surface area contributed by atoms with E-state index in [-0.39, 0.29) is 18.3 Å². The molecule has 0 aromatic carbocycles. The molecule has 1 amide bonds. The lowest BCUT2D eigenvalue weighted by atomic mass is 10.1. The number of hydrogen-bond acceptors (Lipinski definition) is 4. The zero-order chi connectivity index (χ0) is 16.2. The number of aromatic nitrogens is 2. The molecular formula is C17H29ClN4O2. The van der Waals surface area contributed by atoms with Gasteiger partial charge in [-0.3, -0.25) is 9.48 Å². The molecule has 1 aliphatic carbocycles. The number of carbonyl (C=O) groups excluding carboxylic acids is 1. The van der Waals surface area contributed by atoms with Crippen LogP contribution in [0.5, 0.6) is 0 Å². The van der Waals surface area contributed by atoms with E-state index in [0.29, 0.717) is 24.8 Å². The van der Waals surface area contributed by atoms with Gasteiger partial charge in [-0.25, -0.2) is 0 Å². The van der Waals surface area contributed by atoms with Gasteiger partial charge >= 0.3 is 0 Å². The Hall–Kier alpha value is -1.11. The minimum atomic E-state index is 0. The summed E-state index contributed by atoms with van der Waals surface area (Å²) >= 11 is 0. The van der Waals surface area contributed by atoms with E-state index in [1.165, 1.54) is 18.5 Å². The Morgan fingerprint density at radius 1 is 1.46 bits per heavy atom. The number of rotatable bonds is 8. The van der Waals surface area contributed by atoms with Crippen LogP contribution in [0.3, 0.4) is 0 Å². The van der Waals surface area contributed by atoms with Crippen molar-refractivity contribution in [3.63, 3.8) is 0 Å². The monoisotopic (exact) mass is 356 g/mol. The Bertz CT molecular complexity index is 557. The second-order valence-corrected chi connectivity index (χ2v) is 6.61. The molecule has 1 aromatic heterocycles. The van der Waals surface area contributed by atoms with Crippen molar-refractivity contribution in [2.24, 2.45) is 5.92 Å². The van der Waals surface area contributed by atoms with E-state index < -0.39 is 0 Å². The third-order valence-electron chi connectivity index (χ3n) is 4.67. The third kappa shape index (κ3) is 4.29. The number of methoxy groups -OCH3 is 1. The highest BCUT2D eigenvalue weighted by atomic mass is 35.5. The molecule has 2 aliphatic rings. The summed E-state index contributed by atoms with van der Waals surface area (Å²) in [7, 11) is 1.70. The number of amides is 1. The molecular weight excluding hydrogens is 328 g/mol. The molecule has 3 rings (SSSR count). The fraction of sp³-hybridized carbons (Fsp3) is 0.765. The average molecular weight is 357 g/mol. The van der Waals surface area contributed by atoms with Gasteiger partial charge in [0.2, 0.25) is 0 Å². The number of carbonyl (C=O) groups is 1. The summed E-state index contributed by atoms with van der Waals surface area (Å²) in [6.45, 7) is 6.86. The number of halogens is 1. The molecule has 7 heteroatoms. The fourth-order valence-electron chi connectivity index (χ4n) is 3.26. The van der Waals surface area contributed by atoms with Crippen LogP contribution in [-0.2, 0) is 24.2 Å². The quantitative estimate of drug-likeness (QED) is 0.772. The first-order valence-corrected chi connectivity index (χ1v) is 8.82. The summed E-state index contributed by atoms with van der Waals surface area (Å²) in [5.74, 6) is 0.810. The van der Waals surface area contributed by atoms with E-state index in [2.05, 4.69) is 17.3 Å². The Balaban J connectivity index is 0.00000208. The molecule has 1 fully saturated rings. The van der Waals surface area contributed by atoms with Gasteiger partial charge in [0.05, 0.1) is 13.2 Å². The molecule has 6 nitrogen and oxygen atoms in total. The molecule has 136 valence electrons. The van der Waals surface area contributed by atoms with Crippen LogP contribution in [0, 0.1) is 5.92 Å². The maximum Gasteiger partial charge on any atom is 0.274 e. The molecule has 24 heavy (non-hydrogen) atoms. The molecule has 1 aliphatic heterocycles. The fourth-order valence-corrected chi connectivity index (χ4v) is 3.26. The van der Waals surface area contributed by atoms with E-state index in [1.807, 2.05) is 9.58 Å². The number of fused-ring (bicyclic) bond motifs is 1. The molecule has 0 bridgehead atoms. The van der Waals surface area contributed by atoms with Crippen LogP contribution in [0.2, 0.25) is 0 Å². The topological polar surface area (TPSA) is 59.4 Å². The van der Waals surface area contributed by atoms with E-state index in [4.69, 9.17) is 4.74 Å². The van der Waals surface area contributed by atoms with Gasteiger partial charge < -0.3 is 15.0 Å². The highest BCUT2D eigenvalue weighted by molar-refractivity contribution is 5.94. The first kappa shape index (κ1) is 19.2. The van der Waals surface area contributed by atoms with E-state index in [0.717, 1.165) is 44.6 Å². The highest BCUT2D eigenvalue weighted by Gasteiger charge is 2.31. The van der Waals surface area contributed by atoms with Crippen LogP contribution in [0.15, 0.2) is 0 Å². The Labute approximate surface area is 150 Å². The van der Waals surface area contributed by atoms with Gasteiger partial charge in [0.1, 0.15) is 0 Å². The number of nitrogens with one attached hydrogen (secondary N) is 1. The molecule has 0 saturated heterocycles. The van der Waals surface area contributed by atoms with Gasteiger partial charge in [-0.2, -0.15) is 5.10 Å². The predicted molar refractivity (Wildman–Crippen MR) is 95.7 cm³/mol. The minimum Gasteiger partial charge on any atom is -0.383 e. The molecule has 0 atom stereocenters. The smallest absolute Gasteiger partial charge is 0.274 e. The normalized spacial score (nSPS) is 16.4. The SMILES string of the molecule is CCCN(CC1CC1)C(=O)c1nn(CCOC)c2c1CNCC2.Cl. The lowest BCUT2D eigenvalue weighted by Crippen LogP contribution is -2.35. The van der Waals surface area contributed by atoms with Crippen molar-refractivity contribution in [1.82, 2.24) is 20.0 Å². The maximum atomic E-state index is 13.0. The van der Waals surface area contributed by atoms with Crippen molar-refractivity contribution in [2.45, 2.75) is 45.7 Å². The van der Waals surface area contributed by atoms with Gasteiger partial charge in [0.15, 0.2) is 5.69 Å². The lowest BCUT2D eigenvalue weighted by Gasteiger charge is -2.22. The predicted octanol–water partition coefficient (Wildman–Crippen LogP) is 1.86. The van der Waals surface area contributed by atoms with Gasteiger partial charge in [-0.15, -0.1) is 12.4 Å². The van der Waals surface area contributed by atoms with E-state index >= 15 is 0 Å². The molecule has 1 N–H and O–H groups in total. The molecule has 0 unspecified atom stereocenters. The van der Waals surface area contributed by atoms with Gasteiger partial charge in [-0.1, -0.05) is 6.92 Å². The second-order valence-electron chi connectivity index (χ2n) is 6.61. The Morgan fingerprint density at radius 2 is 2.25 bits per heavy atom. The van der Waals surface area contributed by atoms with E-state index in [9.17, 15) is 4.79 Å². The minimum absolute atomic E-state index is 0. The number of ether oxygens (including phenoxy) is 1. The van der Waals surface area contributed by atoms with Crippen molar-refractivity contribution < 1.29 is 9.53 Å². The lowest BCUT2D eigenvalue weighted by molar-refractivity contribution is 0.0739. The average Bonchev–Trinajstić information content (AvgIpc) is 3.31. The Morgan fingerprint density at radius 3 is 2.92 bits per heavy atom.